The number of methoxy groups -OCH3 is 1. The van der Waals surface area contributed by atoms with Gasteiger partial charge >= 0.3 is 0 Å². The van der Waals surface area contributed by atoms with E-state index in [1.165, 1.54) is 3.57 Å². The second kappa shape index (κ2) is 4.85. The minimum absolute atomic E-state index is 0.554. The highest BCUT2D eigenvalue weighted by Gasteiger charge is 2.07. The summed E-state index contributed by atoms with van der Waals surface area (Å²) in [6, 6.07) is 3.94. The van der Waals surface area contributed by atoms with E-state index in [1.54, 1.807) is 7.11 Å². The van der Waals surface area contributed by atoms with Crippen LogP contribution in [0, 0.1) is 7.14 Å². The molecule has 0 heterocycles. The predicted octanol–water partition coefficient (Wildman–Crippen LogP) is 3.64. The largest absolute Gasteiger partial charge is 0.496 e. The van der Waals surface area contributed by atoms with Gasteiger partial charge in [0.05, 0.1) is 10.7 Å². The van der Waals surface area contributed by atoms with E-state index in [4.69, 9.17) is 16.3 Å². The summed E-state index contributed by atoms with van der Waals surface area (Å²) in [4.78, 5) is 0. The van der Waals surface area contributed by atoms with Crippen molar-refractivity contribution in [2.75, 3.05) is 7.11 Å². The summed E-state index contributed by atoms with van der Waals surface area (Å²) in [6.07, 6.45) is 0. The minimum atomic E-state index is 0.554. The van der Waals surface area contributed by atoms with Crippen LogP contribution in [0.4, 0.5) is 0 Å². The molecule has 1 aromatic carbocycles. The van der Waals surface area contributed by atoms with Crippen molar-refractivity contribution in [3.63, 3.8) is 0 Å². The molecule has 0 saturated heterocycles. The Morgan fingerprint density at radius 1 is 1.33 bits per heavy atom. The highest BCUT2D eigenvalue weighted by atomic mass is 127. The molecule has 0 fully saturated rings. The Morgan fingerprint density at radius 3 is 2.50 bits per heavy atom. The number of ether oxygens (including phenoxy) is 1. The van der Waals surface area contributed by atoms with Gasteiger partial charge in [-0.3, -0.25) is 0 Å². The van der Waals surface area contributed by atoms with Gasteiger partial charge in [0.2, 0.25) is 0 Å². The van der Waals surface area contributed by atoms with Crippen LogP contribution >= 0.6 is 56.8 Å². The predicted molar refractivity (Wildman–Crippen MR) is 68.0 cm³/mol. The lowest BCUT2D eigenvalue weighted by Gasteiger charge is -2.07. The highest BCUT2D eigenvalue weighted by Crippen LogP contribution is 2.29. The normalized spacial score (nSPS) is 10.0. The molecule has 0 bridgehead atoms. The second-order valence-corrected chi connectivity index (χ2v) is 4.61. The molecular weight excluding hydrogens is 401 g/mol. The average molecular weight is 408 g/mol. The summed E-state index contributed by atoms with van der Waals surface area (Å²) in [7, 11) is 1.67. The van der Waals surface area contributed by atoms with Crippen LogP contribution in [-0.4, -0.2) is 7.11 Å². The lowest BCUT2D eigenvalue weighted by Crippen LogP contribution is -1.93. The van der Waals surface area contributed by atoms with Crippen LogP contribution in [0.5, 0.6) is 5.75 Å². The monoisotopic (exact) mass is 408 g/mol. The van der Waals surface area contributed by atoms with Gasteiger partial charge in [0.1, 0.15) is 5.75 Å². The van der Waals surface area contributed by atoms with Crippen molar-refractivity contribution in [1.29, 1.82) is 0 Å². The van der Waals surface area contributed by atoms with Crippen LogP contribution < -0.4 is 4.74 Å². The van der Waals surface area contributed by atoms with E-state index in [9.17, 15) is 0 Å². The van der Waals surface area contributed by atoms with E-state index in [0.717, 1.165) is 14.9 Å². The number of rotatable bonds is 2. The van der Waals surface area contributed by atoms with E-state index in [0.29, 0.717) is 5.88 Å². The van der Waals surface area contributed by atoms with Gasteiger partial charge in [-0.05, 0) is 56.8 Å². The summed E-state index contributed by atoms with van der Waals surface area (Å²) in [5.41, 5.74) is 1.16. The zero-order valence-corrected chi connectivity index (χ0v) is 11.5. The first-order valence-corrected chi connectivity index (χ1v) is 5.96. The molecule has 66 valence electrons. The molecule has 12 heavy (non-hydrogen) atoms. The zero-order chi connectivity index (χ0) is 9.14. The SMILES string of the molecule is COc1ccc(CCl)c(I)c1I. The van der Waals surface area contributed by atoms with Crippen molar-refractivity contribution >= 4 is 56.8 Å². The molecule has 0 aliphatic carbocycles. The van der Waals surface area contributed by atoms with Crippen molar-refractivity contribution in [3.05, 3.63) is 24.8 Å². The van der Waals surface area contributed by atoms with Crippen LogP contribution in [0.25, 0.3) is 0 Å². The van der Waals surface area contributed by atoms with E-state index < -0.39 is 0 Å². The first-order chi connectivity index (χ1) is 5.70. The third kappa shape index (κ3) is 2.17. The smallest absolute Gasteiger partial charge is 0.133 e. The van der Waals surface area contributed by atoms with Gasteiger partial charge in [0.25, 0.3) is 0 Å². The third-order valence-electron chi connectivity index (χ3n) is 1.49. The van der Waals surface area contributed by atoms with E-state index >= 15 is 0 Å². The van der Waals surface area contributed by atoms with Gasteiger partial charge in [-0.25, -0.2) is 0 Å². The molecule has 0 saturated carbocycles. The van der Waals surface area contributed by atoms with Crippen molar-refractivity contribution in [2.24, 2.45) is 0 Å². The van der Waals surface area contributed by atoms with Gasteiger partial charge < -0.3 is 4.74 Å². The molecular formula is C8H7ClI2O. The standard InChI is InChI=1S/C8H7ClI2O/c1-12-6-3-2-5(4-9)7(10)8(6)11/h2-3H,4H2,1H3. The maximum atomic E-state index is 5.75. The molecule has 0 aliphatic heterocycles. The number of halogens is 3. The van der Waals surface area contributed by atoms with Gasteiger partial charge in [0.15, 0.2) is 0 Å². The number of benzene rings is 1. The summed E-state index contributed by atoms with van der Waals surface area (Å²) in [5.74, 6) is 1.46. The molecule has 4 heteroatoms. The first-order valence-electron chi connectivity index (χ1n) is 3.27. The van der Waals surface area contributed by atoms with E-state index in [1.807, 2.05) is 12.1 Å². The van der Waals surface area contributed by atoms with Gasteiger partial charge in [0, 0.05) is 9.45 Å². The molecule has 0 aliphatic rings. The molecule has 1 rings (SSSR count). The van der Waals surface area contributed by atoms with Crippen LogP contribution in [0.3, 0.4) is 0 Å². The quantitative estimate of drug-likeness (QED) is 0.536. The van der Waals surface area contributed by atoms with Crippen molar-refractivity contribution in [3.8, 4) is 5.75 Å². The molecule has 0 atom stereocenters. The van der Waals surface area contributed by atoms with Crippen LogP contribution in [0.2, 0.25) is 0 Å². The fourth-order valence-electron chi connectivity index (χ4n) is 0.833. The highest BCUT2D eigenvalue weighted by molar-refractivity contribution is 14.1. The Bertz CT molecular complexity index is 260. The van der Waals surface area contributed by atoms with Gasteiger partial charge in [-0.15, -0.1) is 11.6 Å². The maximum absolute atomic E-state index is 5.75. The van der Waals surface area contributed by atoms with Crippen LogP contribution in [0.1, 0.15) is 5.56 Å². The zero-order valence-electron chi connectivity index (χ0n) is 6.40. The van der Waals surface area contributed by atoms with Crippen LogP contribution in [0.15, 0.2) is 12.1 Å². The fraction of sp³-hybridized carbons (Fsp3) is 0.250. The summed E-state index contributed by atoms with van der Waals surface area (Å²) >= 11 is 10.3. The molecule has 0 N–H and O–H groups in total. The third-order valence-corrected chi connectivity index (χ3v) is 5.11. The summed E-state index contributed by atoms with van der Waals surface area (Å²) < 4.78 is 7.49. The lowest BCUT2D eigenvalue weighted by atomic mass is 10.2. The fourth-order valence-corrected chi connectivity index (χ4v) is 2.66. The van der Waals surface area contributed by atoms with Crippen molar-refractivity contribution in [1.82, 2.24) is 0 Å². The lowest BCUT2D eigenvalue weighted by molar-refractivity contribution is 0.411. The van der Waals surface area contributed by atoms with Gasteiger partial charge in [-0.1, -0.05) is 6.07 Å². The van der Waals surface area contributed by atoms with Crippen molar-refractivity contribution < 1.29 is 4.74 Å². The average Bonchev–Trinajstić information content (AvgIpc) is 2.10. The molecule has 1 aromatic rings. The number of hydrogen-bond acceptors (Lipinski definition) is 1. The van der Waals surface area contributed by atoms with E-state index in [2.05, 4.69) is 45.2 Å². The van der Waals surface area contributed by atoms with Gasteiger partial charge in [-0.2, -0.15) is 0 Å². The Hall–Kier alpha value is 0.770. The molecule has 0 radical (unpaired) electrons. The summed E-state index contributed by atoms with van der Waals surface area (Å²) in [5, 5.41) is 0. The van der Waals surface area contributed by atoms with Crippen molar-refractivity contribution in [2.45, 2.75) is 5.88 Å². The Labute approximate surface area is 104 Å². The Morgan fingerprint density at radius 2 is 2.00 bits per heavy atom. The Balaban J connectivity index is 3.20. The molecule has 0 spiro atoms. The second-order valence-electron chi connectivity index (χ2n) is 2.19. The molecule has 0 aromatic heterocycles. The minimum Gasteiger partial charge on any atom is -0.496 e. The molecule has 0 unspecified atom stereocenters. The summed E-state index contributed by atoms with van der Waals surface area (Å²) in [6.45, 7) is 0. The molecule has 0 amide bonds. The van der Waals surface area contributed by atoms with Crippen LogP contribution in [-0.2, 0) is 5.88 Å². The number of alkyl halides is 1. The number of hydrogen-bond donors (Lipinski definition) is 0. The first kappa shape index (κ1) is 10.8. The van der Waals surface area contributed by atoms with E-state index in [-0.39, 0.29) is 0 Å². The topological polar surface area (TPSA) is 9.23 Å². The Kier molecular flexibility index (Phi) is 4.39. The molecule has 1 nitrogen and oxygen atoms in total. The maximum Gasteiger partial charge on any atom is 0.133 e.